The van der Waals surface area contributed by atoms with Crippen molar-refractivity contribution in [3.05, 3.63) is 54.1 Å². The van der Waals surface area contributed by atoms with Gasteiger partial charge >= 0.3 is 0 Å². The van der Waals surface area contributed by atoms with Crippen molar-refractivity contribution < 1.29 is 9.59 Å². The van der Waals surface area contributed by atoms with E-state index in [1.807, 2.05) is 55.5 Å². The molecule has 4 nitrogen and oxygen atoms in total. The van der Waals surface area contributed by atoms with Gasteiger partial charge in [0.2, 0.25) is 11.8 Å². The molecule has 0 spiro atoms. The summed E-state index contributed by atoms with van der Waals surface area (Å²) in [7, 11) is 0. The monoisotopic (exact) mass is 326 g/mol. The molecule has 0 radical (unpaired) electrons. The molecular formula is C18H18N2O2S. The molecular weight excluding hydrogens is 308 g/mol. The maximum atomic E-state index is 12.4. The van der Waals surface area contributed by atoms with Crippen LogP contribution in [0.3, 0.4) is 0 Å². The highest BCUT2D eigenvalue weighted by atomic mass is 32.2. The predicted octanol–water partition coefficient (Wildman–Crippen LogP) is 3.46. The third kappa shape index (κ3) is 3.74. The second kappa shape index (κ2) is 6.87. The quantitative estimate of drug-likeness (QED) is 0.940. The number of anilines is 2. The van der Waals surface area contributed by atoms with Crippen LogP contribution in [0.5, 0.6) is 0 Å². The van der Waals surface area contributed by atoms with Crippen LogP contribution in [0.25, 0.3) is 0 Å². The standard InChI is InChI=1S/C18H18N2O2S/c1-13-5-4-6-14(11-13)19-17(21)12-20-15-7-2-3-8-16(15)23-10-9-18(20)22/h2-8,11H,9-10,12H2,1H3,(H,19,21). The van der Waals surface area contributed by atoms with Crippen LogP contribution in [0.4, 0.5) is 11.4 Å². The number of nitrogens with one attached hydrogen (secondary N) is 1. The van der Waals surface area contributed by atoms with Crippen molar-refractivity contribution in [2.24, 2.45) is 0 Å². The fourth-order valence-corrected chi connectivity index (χ4v) is 3.56. The number of para-hydroxylation sites is 1. The maximum Gasteiger partial charge on any atom is 0.244 e. The largest absolute Gasteiger partial charge is 0.325 e. The Balaban J connectivity index is 1.78. The van der Waals surface area contributed by atoms with E-state index in [1.54, 1.807) is 16.7 Å². The van der Waals surface area contributed by atoms with E-state index in [9.17, 15) is 9.59 Å². The zero-order chi connectivity index (χ0) is 16.2. The Labute approximate surface area is 139 Å². The number of aryl methyl sites for hydroxylation is 1. The molecule has 2 amide bonds. The van der Waals surface area contributed by atoms with Gasteiger partial charge in [-0.05, 0) is 36.8 Å². The lowest BCUT2D eigenvalue weighted by molar-refractivity contribution is -0.121. The first kappa shape index (κ1) is 15.6. The Hall–Kier alpha value is -2.27. The molecule has 0 aliphatic carbocycles. The number of nitrogens with zero attached hydrogens (tertiary/aromatic N) is 1. The second-order valence-corrected chi connectivity index (χ2v) is 6.60. The average molecular weight is 326 g/mol. The number of benzene rings is 2. The molecule has 118 valence electrons. The minimum Gasteiger partial charge on any atom is -0.325 e. The lowest BCUT2D eigenvalue weighted by Gasteiger charge is -2.22. The highest BCUT2D eigenvalue weighted by molar-refractivity contribution is 7.99. The van der Waals surface area contributed by atoms with Gasteiger partial charge in [-0.15, -0.1) is 11.8 Å². The molecule has 1 aliphatic rings. The number of fused-ring (bicyclic) bond motifs is 1. The summed E-state index contributed by atoms with van der Waals surface area (Å²) >= 11 is 1.66. The van der Waals surface area contributed by atoms with Gasteiger partial charge in [-0.3, -0.25) is 9.59 Å². The molecule has 2 aromatic rings. The van der Waals surface area contributed by atoms with Gasteiger partial charge in [0.05, 0.1) is 5.69 Å². The molecule has 0 atom stereocenters. The fourth-order valence-electron chi connectivity index (χ4n) is 2.56. The predicted molar refractivity (Wildman–Crippen MR) is 93.9 cm³/mol. The van der Waals surface area contributed by atoms with E-state index in [0.29, 0.717) is 6.42 Å². The van der Waals surface area contributed by atoms with Gasteiger partial charge in [-0.25, -0.2) is 0 Å². The average Bonchev–Trinajstić information content (AvgIpc) is 2.67. The topological polar surface area (TPSA) is 49.4 Å². The number of amides is 2. The van der Waals surface area contributed by atoms with Crippen LogP contribution in [0.15, 0.2) is 53.4 Å². The summed E-state index contributed by atoms with van der Waals surface area (Å²) in [6.45, 7) is 2.01. The van der Waals surface area contributed by atoms with Gasteiger partial charge in [0.1, 0.15) is 6.54 Å². The van der Waals surface area contributed by atoms with Gasteiger partial charge in [-0.2, -0.15) is 0 Å². The summed E-state index contributed by atoms with van der Waals surface area (Å²) in [5.41, 5.74) is 2.65. The van der Waals surface area contributed by atoms with Crippen LogP contribution in [-0.2, 0) is 9.59 Å². The van der Waals surface area contributed by atoms with E-state index in [4.69, 9.17) is 0 Å². The van der Waals surface area contributed by atoms with Crippen molar-refractivity contribution >= 4 is 35.0 Å². The molecule has 1 heterocycles. The van der Waals surface area contributed by atoms with E-state index < -0.39 is 0 Å². The zero-order valence-electron chi connectivity index (χ0n) is 12.9. The Kier molecular flexibility index (Phi) is 4.67. The first-order valence-electron chi connectivity index (χ1n) is 7.52. The van der Waals surface area contributed by atoms with E-state index >= 15 is 0 Å². The molecule has 3 rings (SSSR count). The van der Waals surface area contributed by atoms with Gasteiger partial charge in [0.15, 0.2) is 0 Å². The van der Waals surface area contributed by atoms with Crippen molar-refractivity contribution in [3.8, 4) is 0 Å². The number of hydrogen-bond acceptors (Lipinski definition) is 3. The molecule has 5 heteroatoms. The van der Waals surface area contributed by atoms with Crippen molar-refractivity contribution in [1.29, 1.82) is 0 Å². The summed E-state index contributed by atoms with van der Waals surface area (Å²) in [6.07, 6.45) is 0.442. The van der Waals surface area contributed by atoms with Crippen LogP contribution >= 0.6 is 11.8 Å². The molecule has 0 aromatic heterocycles. The summed E-state index contributed by atoms with van der Waals surface area (Å²) in [5, 5.41) is 2.86. The molecule has 0 bridgehead atoms. The van der Waals surface area contributed by atoms with E-state index in [-0.39, 0.29) is 18.4 Å². The lowest BCUT2D eigenvalue weighted by Crippen LogP contribution is -2.37. The zero-order valence-corrected chi connectivity index (χ0v) is 13.7. The Morgan fingerprint density at radius 1 is 1.22 bits per heavy atom. The van der Waals surface area contributed by atoms with E-state index in [0.717, 1.165) is 27.6 Å². The highest BCUT2D eigenvalue weighted by Crippen LogP contribution is 2.33. The molecule has 1 aliphatic heterocycles. The fraction of sp³-hybridized carbons (Fsp3) is 0.222. The van der Waals surface area contributed by atoms with Crippen molar-refractivity contribution in [2.45, 2.75) is 18.2 Å². The third-order valence-corrected chi connectivity index (χ3v) is 4.70. The number of rotatable bonds is 3. The highest BCUT2D eigenvalue weighted by Gasteiger charge is 2.24. The van der Waals surface area contributed by atoms with Crippen molar-refractivity contribution in [3.63, 3.8) is 0 Å². The molecule has 1 N–H and O–H groups in total. The Bertz CT molecular complexity index is 745. The lowest BCUT2D eigenvalue weighted by atomic mass is 10.2. The Morgan fingerprint density at radius 3 is 2.87 bits per heavy atom. The Morgan fingerprint density at radius 2 is 2.04 bits per heavy atom. The van der Waals surface area contributed by atoms with Gasteiger partial charge < -0.3 is 10.2 Å². The summed E-state index contributed by atoms with van der Waals surface area (Å²) in [6, 6.07) is 15.4. The summed E-state index contributed by atoms with van der Waals surface area (Å²) < 4.78 is 0. The molecule has 23 heavy (non-hydrogen) atoms. The third-order valence-electron chi connectivity index (χ3n) is 3.63. The minimum atomic E-state index is -0.189. The molecule has 0 unspecified atom stereocenters. The smallest absolute Gasteiger partial charge is 0.244 e. The van der Waals surface area contributed by atoms with E-state index in [1.165, 1.54) is 0 Å². The number of carbonyl (C=O) groups is 2. The van der Waals surface area contributed by atoms with Gasteiger partial charge in [0, 0.05) is 22.8 Å². The van der Waals surface area contributed by atoms with Crippen molar-refractivity contribution in [2.75, 3.05) is 22.5 Å². The van der Waals surface area contributed by atoms with Gasteiger partial charge in [0.25, 0.3) is 0 Å². The van der Waals surface area contributed by atoms with Crippen LogP contribution in [0.1, 0.15) is 12.0 Å². The number of hydrogen-bond donors (Lipinski definition) is 1. The first-order chi connectivity index (χ1) is 11.1. The molecule has 2 aromatic carbocycles. The summed E-state index contributed by atoms with van der Waals surface area (Å²) in [4.78, 5) is 27.3. The van der Waals surface area contributed by atoms with Crippen molar-refractivity contribution in [1.82, 2.24) is 0 Å². The number of carbonyl (C=O) groups excluding carboxylic acids is 2. The first-order valence-corrected chi connectivity index (χ1v) is 8.51. The van der Waals surface area contributed by atoms with Crippen LogP contribution in [0, 0.1) is 6.92 Å². The van der Waals surface area contributed by atoms with E-state index in [2.05, 4.69) is 5.32 Å². The minimum absolute atomic E-state index is 0.0122. The maximum absolute atomic E-state index is 12.4. The molecule has 0 fully saturated rings. The van der Waals surface area contributed by atoms with Crippen LogP contribution in [0.2, 0.25) is 0 Å². The van der Waals surface area contributed by atoms with Crippen LogP contribution < -0.4 is 10.2 Å². The molecule has 0 saturated carbocycles. The van der Waals surface area contributed by atoms with Crippen LogP contribution in [-0.4, -0.2) is 24.1 Å². The SMILES string of the molecule is Cc1cccc(NC(=O)CN2C(=O)CCSc3ccccc32)c1. The molecule has 0 saturated heterocycles. The van der Waals surface area contributed by atoms with Gasteiger partial charge in [-0.1, -0.05) is 24.3 Å². The summed E-state index contributed by atoms with van der Waals surface area (Å²) in [5.74, 6) is 0.541. The normalized spacial score (nSPS) is 14.1. The second-order valence-electron chi connectivity index (χ2n) is 5.46. The number of thioether (sulfide) groups is 1.